The van der Waals surface area contributed by atoms with Crippen LogP contribution in [0, 0.1) is 13.8 Å². The molecule has 3 aromatic rings. The third-order valence-electron chi connectivity index (χ3n) is 4.97. The molecule has 4 heteroatoms. The molecule has 0 saturated carbocycles. The summed E-state index contributed by atoms with van der Waals surface area (Å²) < 4.78 is 0. The van der Waals surface area contributed by atoms with Gasteiger partial charge in [0, 0.05) is 17.7 Å². The summed E-state index contributed by atoms with van der Waals surface area (Å²) in [6.45, 7) is 8.64. The molecule has 0 unspecified atom stereocenters. The summed E-state index contributed by atoms with van der Waals surface area (Å²) in [7, 11) is 0. The molecule has 0 aliphatic rings. The van der Waals surface area contributed by atoms with Crippen LogP contribution >= 0.6 is 0 Å². The van der Waals surface area contributed by atoms with Crippen LogP contribution in [-0.4, -0.2) is 17.4 Å². The highest BCUT2D eigenvalue weighted by Gasteiger charge is 2.22. The van der Waals surface area contributed by atoms with Gasteiger partial charge in [0.25, 0.3) is 11.5 Å². The molecule has 0 spiro atoms. The zero-order chi connectivity index (χ0) is 20.3. The first kappa shape index (κ1) is 19.6. The van der Waals surface area contributed by atoms with Crippen molar-refractivity contribution in [1.82, 2.24) is 10.3 Å². The summed E-state index contributed by atoms with van der Waals surface area (Å²) in [5.74, 6) is -0.363. The zero-order valence-electron chi connectivity index (χ0n) is 16.8. The fourth-order valence-electron chi connectivity index (χ4n) is 3.20. The standard InChI is InChI=1S/C24H26N2O2/c1-16-7-5-9-18(13-16)21-12-11-20(23(28)26-21)22(27)25-15-24(3,4)19-10-6-8-17(2)14-19/h5-14H,15H2,1-4H3,(H,25,27)(H,26,28). The smallest absolute Gasteiger partial charge is 0.261 e. The van der Waals surface area contributed by atoms with E-state index in [4.69, 9.17) is 0 Å². The van der Waals surface area contributed by atoms with Crippen LogP contribution in [-0.2, 0) is 5.41 Å². The van der Waals surface area contributed by atoms with E-state index in [1.165, 1.54) is 5.56 Å². The Kier molecular flexibility index (Phi) is 5.50. The van der Waals surface area contributed by atoms with Gasteiger partial charge in [-0.15, -0.1) is 0 Å². The molecule has 1 aromatic heterocycles. The van der Waals surface area contributed by atoms with Crippen molar-refractivity contribution >= 4 is 5.91 Å². The maximum absolute atomic E-state index is 12.6. The molecule has 2 N–H and O–H groups in total. The Morgan fingerprint density at radius 1 is 0.964 bits per heavy atom. The van der Waals surface area contributed by atoms with Gasteiger partial charge in [-0.2, -0.15) is 0 Å². The average Bonchev–Trinajstić information content (AvgIpc) is 2.66. The highest BCUT2D eigenvalue weighted by molar-refractivity contribution is 5.94. The summed E-state index contributed by atoms with van der Waals surface area (Å²) in [4.78, 5) is 27.9. The molecule has 4 nitrogen and oxygen atoms in total. The fraction of sp³-hybridized carbons (Fsp3) is 0.250. The van der Waals surface area contributed by atoms with Crippen molar-refractivity contribution in [2.24, 2.45) is 0 Å². The van der Waals surface area contributed by atoms with Gasteiger partial charge in [-0.05, 0) is 43.2 Å². The minimum atomic E-state index is -0.384. The number of carbonyl (C=O) groups excluding carboxylic acids is 1. The number of nitrogens with one attached hydrogen (secondary N) is 2. The van der Waals surface area contributed by atoms with Crippen molar-refractivity contribution < 1.29 is 4.79 Å². The molecule has 2 aromatic carbocycles. The first-order valence-electron chi connectivity index (χ1n) is 9.42. The van der Waals surface area contributed by atoms with E-state index < -0.39 is 0 Å². The minimum absolute atomic E-state index is 0.122. The number of carbonyl (C=O) groups is 1. The van der Waals surface area contributed by atoms with E-state index in [2.05, 4.69) is 36.3 Å². The lowest BCUT2D eigenvalue weighted by atomic mass is 9.84. The fourth-order valence-corrected chi connectivity index (χ4v) is 3.20. The molecule has 0 saturated heterocycles. The number of aromatic amines is 1. The topological polar surface area (TPSA) is 62.0 Å². The summed E-state index contributed by atoms with van der Waals surface area (Å²) in [6, 6.07) is 19.5. The molecule has 0 bridgehead atoms. The van der Waals surface area contributed by atoms with Gasteiger partial charge in [0.15, 0.2) is 0 Å². The number of aromatic nitrogens is 1. The van der Waals surface area contributed by atoms with E-state index in [-0.39, 0.29) is 22.4 Å². The minimum Gasteiger partial charge on any atom is -0.351 e. The zero-order valence-corrected chi connectivity index (χ0v) is 16.8. The maximum atomic E-state index is 12.6. The lowest BCUT2D eigenvalue weighted by Gasteiger charge is -2.26. The van der Waals surface area contributed by atoms with Gasteiger partial charge in [0.2, 0.25) is 0 Å². The van der Waals surface area contributed by atoms with E-state index in [1.807, 2.05) is 50.2 Å². The molecule has 0 aliphatic heterocycles. The van der Waals surface area contributed by atoms with E-state index >= 15 is 0 Å². The van der Waals surface area contributed by atoms with Crippen LogP contribution in [0.25, 0.3) is 11.3 Å². The van der Waals surface area contributed by atoms with Crippen LogP contribution in [0.5, 0.6) is 0 Å². The predicted octanol–water partition coefficient (Wildman–Crippen LogP) is 4.37. The molecule has 0 atom stereocenters. The highest BCUT2D eigenvalue weighted by Crippen LogP contribution is 2.23. The summed E-state index contributed by atoms with van der Waals surface area (Å²) in [6.07, 6.45) is 0. The van der Waals surface area contributed by atoms with Crippen LogP contribution in [0.2, 0.25) is 0 Å². The van der Waals surface area contributed by atoms with Crippen molar-refractivity contribution in [2.75, 3.05) is 6.54 Å². The molecular weight excluding hydrogens is 348 g/mol. The molecule has 144 valence electrons. The molecule has 3 rings (SSSR count). The van der Waals surface area contributed by atoms with Gasteiger partial charge in [-0.3, -0.25) is 9.59 Å². The molecule has 28 heavy (non-hydrogen) atoms. The van der Waals surface area contributed by atoms with E-state index in [0.29, 0.717) is 12.2 Å². The second kappa shape index (κ2) is 7.85. The molecular formula is C24H26N2O2. The Morgan fingerprint density at radius 3 is 2.29 bits per heavy atom. The second-order valence-corrected chi connectivity index (χ2v) is 7.92. The quantitative estimate of drug-likeness (QED) is 0.697. The second-order valence-electron chi connectivity index (χ2n) is 7.92. The van der Waals surface area contributed by atoms with Crippen LogP contribution in [0.4, 0.5) is 0 Å². The van der Waals surface area contributed by atoms with E-state index in [0.717, 1.165) is 16.7 Å². The molecule has 0 fully saturated rings. The lowest BCUT2D eigenvalue weighted by Crippen LogP contribution is -2.38. The van der Waals surface area contributed by atoms with Crippen molar-refractivity contribution in [3.05, 3.63) is 93.3 Å². The third kappa shape index (κ3) is 4.39. The summed E-state index contributed by atoms with van der Waals surface area (Å²) >= 11 is 0. The van der Waals surface area contributed by atoms with Gasteiger partial charge in [0.1, 0.15) is 5.56 Å². The highest BCUT2D eigenvalue weighted by atomic mass is 16.2. The van der Waals surface area contributed by atoms with E-state index in [1.54, 1.807) is 12.1 Å². The predicted molar refractivity (Wildman–Crippen MR) is 114 cm³/mol. The lowest BCUT2D eigenvalue weighted by molar-refractivity contribution is 0.0944. The number of benzene rings is 2. The Bertz CT molecular complexity index is 1060. The van der Waals surface area contributed by atoms with Crippen molar-refractivity contribution in [3.63, 3.8) is 0 Å². The number of amides is 1. The first-order valence-corrected chi connectivity index (χ1v) is 9.42. The Labute approximate surface area is 165 Å². The van der Waals surface area contributed by atoms with Gasteiger partial charge in [-0.1, -0.05) is 67.4 Å². The van der Waals surface area contributed by atoms with Crippen LogP contribution < -0.4 is 10.9 Å². The number of aryl methyl sites for hydroxylation is 2. The van der Waals surface area contributed by atoms with Crippen LogP contribution in [0.1, 0.15) is 40.9 Å². The number of H-pyrrole nitrogens is 1. The Balaban J connectivity index is 1.75. The first-order chi connectivity index (χ1) is 13.3. The van der Waals surface area contributed by atoms with Crippen LogP contribution in [0.3, 0.4) is 0 Å². The van der Waals surface area contributed by atoms with Gasteiger partial charge in [0.05, 0.1) is 0 Å². The van der Waals surface area contributed by atoms with Gasteiger partial charge in [-0.25, -0.2) is 0 Å². The molecule has 0 aliphatic carbocycles. The Morgan fingerprint density at radius 2 is 1.64 bits per heavy atom. The molecule has 1 heterocycles. The van der Waals surface area contributed by atoms with E-state index in [9.17, 15) is 9.59 Å². The number of hydrogen-bond donors (Lipinski definition) is 2. The molecule has 0 radical (unpaired) electrons. The van der Waals surface area contributed by atoms with Crippen molar-refractivity contribution in [1.29, 1.82) is 0 Å². The van der Waals surface area contributed by atoms with Gasteiger partial charge < -0.3 is 10.3 Å². The largest absolute Gasteiger partial charge is 0.351 e. The number of hydrogen-bond acceptors (Lipinski definition) is 2. The van der Waals surface area contributed by atoms with Gasteiger partial charge >= 0.3 is 0 Å². The average molecular weight is 374 g/mol. The van der Waals surface area contributed by atoms with Crippen LogP contribution in [0.15, 0.2) is 65.5 Å². The normalized spacial score (nSPS) is 11.3. The van der Waals surface area contributed by atoms with Crippen molar-refractivity contribution in [2.45, 2.75) is 33.1 Å². The number of pyridine rings is 1. The van der Waals surface area contributed by atoms with Crippen molar-refractivity contribution in [3.8, 4) is 11.3 Å². The monoisotopic (exact) mass is 374 g/mol. The summed E-state index contributed by atoms with van der Waals surface area (Å²) in [5, 5.41) is 2.91. The number of rotatable bonds is 5. The summed E-state index contributed by atoms with van der Waals surface area (Å²) in [5.41, 5.74) is 4.56. The maximum Gasteiger partial charge on any atom is 0.261 e. The third-order valence-corrected chi connectivity index (χ3v) is 4.97. The Hall–Kier alpha value is -3.14. The SMILES string of the molecule is Cc1cccc(-c2ccc(C(=O)NCC(C)(C)c3cccc(C)c3)c(=O)[nH]2)c1. The molecule has 1 amide bonds.